The number of amides is 1. The summed E-state index contributed by atoms with van der Waals surface area (Å²) in [6.07, 6.45) is 3.63. The molecule has 2 aromatic rings. The lowest BCUT2D eigenvalue weighted by Gasteiger charge is -2.30. The van der Waals surface area contributed by atoms with E-state index in [2.05, 4.69) is 8.75 Å². The maximum Gasteiger partial charge on any atom is 0.275 e. The van der Waals surface area contributed by atoms with Crippen molar-refractivity contribution in [3.8, 4) is 0 Å². The number of hydrogen-bond donors (Lipinski definition) is 1. The molecule has 0 aliphatic heterocycles. The van der Waals surface area contributed by atoms with Crippen LogP contribution in [-0.2, 0) is 6.54 Å². The average Bonchev–Trinajstić information content (AvgIpc) is 3.20. The SMILES string of the molecule is O=C(c1cnsn1)N(Cc1ccccc1)C(CO)C1CC1. The van der Waals surface area contributed by atoms with Gasteiger partial charge in [-0.25, -0.2) is 0 Å². The predicted molar refractivity (Wildman–Crippen MR) is 79.8 cm³/mol. The van der Waals surface area contributed by atoms with Crippen LogP contribution in [0.2, 0.25) is 0 Å². The van der Waals surface area contributed by atoms with E-state index < -0.39 is 0 Å². The monoisotopic (exact) mass is 303 g/mol. The van der Waals surface area contributed by atoms with Crippen LogP contribution >= 0.6 is 11.7 Å². The fourth-order valence-electron chi connectivity index (χ4n) is 2.51. The summed E-state index contributed by atoms with van der Waals surface area (Å²) < 4.78 is 7.93. The third-order valence-corrected chi connectivity index (χ3v) is 4.27. The fraction of sp³-hybridized carbons (Fsp3) is 0.400. The number of rotatable bonds is 6. The molecule has 5 nitrogen and oxygen atoms in total. The minimum absolute atomic E-state index is 0.0131. The maximum absolute atomic E-state index is 12.7. The van der Waals surface area contributed by atoms with Gasteiger partial charge in [-0.3, -0.25) is 4.79 Å². The molecular formula is C15H17N3O2S. The summed E-state index contributed by atoms with van der Waals surface area (Å²) in [6.45, 7) is 0.472. The highest BCUT2D eigenvalue weighted by molar-refractivity contribution is 6.99. The molecule has 1 fully saturated rings. The van der Waals surface area contributed by atoms with Crippen LogP contribution in [0.15, 0.2) is 36.5 Å². The molecule has 1 atom stereocenters. The van der Waals surface area contributed by atoms with E-state index in [0.717, 1.165) is 30.1 Å². The largest absolute Gasteiger partial charge is 0.394 e. The van der Waals surface area contributed by atoms with Gasteiger partial charge in [0, 0.05) is 6.54 Å². The van der Waals surface area contributed by atoms with Crippen LogP contribution < -0.4 is 0 Å². The molecule has 1 unspecified atom stereocenters. The number of aliphatic hydroxyl groups excluding tert-OH is 1. The third kappa shape index (κ3) is 3.28. The molecule has 1 N–H and O–H groups in total. The Hall–Kier alpha value is -1.79. The summed E-state index contributed by atoms with van der Waals surface area (Å²) in [4.78, 5) is 14.4. The number of carbonyl (C=O) groups excluding carboxylic acids is 1. The second-order valence-corrected chi connectivity index (χ2v) is 5.86. The molecule has 1 amide bonds. The van der Waals surface area contributed by atoms with E-state index in [1.807, 2.05) is 30.3 Å². The molecule has 1 aromatic carbocycles. The molecule has 6 heteroatoms. The minimum atomic E-state index is -0.154. The van der Waals surface area contributed by atoms with Gasteiger partial charge >= 0.3 is 0 Å². The highest BCUT2D eigenvalue weighted by Gasteiger charge is 2.37. The van der Waals surface area contributed by atoms with Crippen molar-refractivity contribution in [2.45, 2.75) is 25.4 Å². The Bertz CT molecular complexity index is 584. The molecule has 0 bridgehead atoms. The van der Waals surface area contributed by atoms with Gasteiger partial charge < -0.3 is 10.0 Å². The minimum Gasteiger partial charge on any atom is -0.394 e. The summed E-state index contributed by atoms with van der Waals surface area (Å²) in [7, 11) is 0. The van der Waals surface area contributed by atoms with Gasteiger partial charge in [0.1, 0.15) is 0 Å². The van der Waals surface area contributed by atoms with E-state index in [1.54, 1.807) is 4.90 Å². The Morgan fingerprint density at radius 1 is 1.38 bits per heavy atom. The van der Waals surface area contributed by atoms with Crippen molar-refractivity contribution >= 4 is 17.6 Å². The van der Waals surface area contributed by atoms with Gasteiger partial charge in [0.2, 0.25) is 0 Å². The Kier molecular flexibility index (Phi) is 4.26. The van der Waals surface area contributed by atoms with E-state index >= 15 is 0 Å². The summed E-state index contributed by atoms with van der Waals surface area (Å²) in [6, 6.07) is 9.69. The number of benzene rings is 1. The molecule has 1 aliphatic carbocycles. The van der Waals surface area contributed by atoms with E-state index in [-0.39, 0.29) is 18.6 Å². The highest BCUT2D eigenvalue weighted by Crippen LogP contribution is 2.36. The van der Waals surface area contributed by atoms with Crippen molar-refractivity contribution in [2.24, 2.45) is 5.92 Å². The molecule has 0 spiro atoms. The van der Waals surface area contributed by atoms with Gasteiger partial charge in [-0.2, -0.15) is 8.75 Å². The molecule has 3 rings (SSSR count). The first kappa shape index (κ1) is 14.2. The number of carbonyl (C=O) groups is 1. The Balaban J connectivity index is 1.85. The zero-order chi connectivity index (χ0) is 14.7. The molecule has 1 aliphatic rings. The van der Waals surface area contributed by atoms with Crippen LogP contribution in [-0.4, -0.2) is 37.3 Å². The normalized spacial score (nSPS) is 15.7. The van der Waals surface area contributed by atoms with Crippen molar-refractivity contribution in [3.63, 3.8) is 0 Å². The fourth-order valence-corrected chi connectivity index (χ4v) is 2.92. The topological polar surface area (TPSA) is 66.3 Å². The summed E-state index contributed by atoms with van der Waals surface area (Å²) >= 11 is 1.02. The smallest absolute Gasteiger partial charge is 0.275 e. The molecule has 1 saturated carbocycles. The predicted octanol–water partition coefficient (Wildman–Crippen LogP) is 1.95. The van der Waals surface area contributed by atoms with Gasteiger partial charge in [-0.1, -0.05) is 30.3 Å². The second kappa shape index (κ2) is 6.32. The van der Waals surface area contributed by atoms with Gasteiger partial charge in [-0.15, -0.1) is 0 Å². The van der Waals surface area contributed by atoms with Crippen molar-refractivity contribution in [1.29, 1.82) is 0 Å². The van der Waals surface area contributed by atoms with E-state index in [9.17, 15) is 9.90 Å². The first-order chi connectivity index (χ1) is 10.3. The van der Waals surface area contributed by atoms with Crippen molar-refractivity contribution in [2.75, 3.05) is 6.61 Å². The molecule has 0 saturated heterocycles. The third-order valence-electron chi connectivity index (χ3n) is 3.79. The van der Waals surface area contributed by atoms with Crippen molar-refractivity contribution in [3.05, 3.63) is 47.8 Å². The van der Waals surface area contributed by atoms with E-state index in [1.165, 1.54) is 6.20 Å². The lowest BCUT2D eigenvalue weighted by molar-refractivity contribution is 0.0526. The number of nitrogens with zero attached hydrogens (tertiary/aromatic N) is 3. The Morgan fingerprint density at radius 2 is 2.14 bits per heavy atom. The van der Waals surface area contributed by atoms with Gasteiger partial charge in [0.15, 0.2) is 5.69 Å². The second-order valence-electron chi connectivity index (χ2n) is 5.30. The van der Waals surface area contributed by atoms with E-state index in [0.29, 0.717) is 18.2 Å². The summed E-state index contributed by atoms with van der Waals surface area (Å²) in [5.41, 5.74) is 1.41. The van der Waals surface area contributed by atoms with Crippen molar-refractivity contribution < 1.29 is 9.90 Å². The molecular weight excluding hydrogens is 286 g/mol. The average molecular weight is 303 g/mol. The van der Waals surface area contributed by atoms with Crippen LogP contribution in [0.25, 0.3) is 0 Å². The number of hydrogen-bond acceptors (Lipinski definition) is 5. The maximum atomic E-state index is 12.7. The zero-order valence-corrected chi connectivity index (χ0v) is 12.4. The highest BCUT2D eigenvalue weighted by atomic mass is 32.1. The number of aromatic nitrogens is 2. The summed E-state index contributed by atoms with van der Waals surface area (Å²) in [5.74, 6) is 0.243. The Labute approximate surface area is 127 Å². The lowest BCUT2D eigenvalue weighted by atomic mass is 10.1. The van der Waals surface area contributed by atoms with Crippen LogP contribution in [0.3, 0.4) is 0 Å². The molecule has 21 heavy (non-hydrogen) atoms. The van der Waals surface area contributed by atoms with Crippen LogP contribution in [0.5, 0.6) is 0 Å². The van der Waals surface area contributed by atoms with Crippen LogP contribution in [0.1, 0.15) is 28.9 Å². The van der Waals surface area contributed by atoms with Gasteiger partial charge in [0.25, 0.3) is 5.91 Å². The first-order valence-electron chi connectivity index (χ1n) is 7.03. The standard InChI is InChI=1S/C15H17N3O2S/c19-10-14(12-6-7-12)18(9-11-4-2-1-3-5-11)15(20)13-8-16-21-17-13/h1-5,8,12,14,19H,6-7,9-10H2. The van der Waals surface area contributed by atoms with Crippen LogP contribution in [0, 0.1) is 5.92 Å². The molecule has 1 aromatic heterocycles. The molecule has 0 radical (unpaired) electrons. The first-order valence-corrected chi connectivity index (χ1v) is 7.76. The lowest BCUT2D eigenvalue weighted by Crippen LogP contribution is -2.43. The van der Waals surface area contributed by atoms with E-state index in [4.69, 9.17) is 0 Å². The zero-order valence-electron chi connectivity index (χ0n) is 11.6. The van der Waals surface area contributed by atoms with Gasteiger partial charge in [0.05, 0.1) is 30.6 Å². The number of aliphatic hydroxyl groups is 1. The van der Waals surface area contributed by atoms with Crippen molar-refractivity contribution in [1.82, 2.24) is 13.6 Å². The quantitative estimate of drug-likeness (QED) is 0.886. The summed E-state index contributed by atoms with van der Waals surface area (Å²) in [5, 5.41) is 9.70. The molecule has 1 heterocycles. The molecule has 110 valence electrons. The van der Waals surface area contributed by atoms with Crippen LogP contribution in [0.4, 0.5) is 0 Å². The Morgan fingerprint density at radius 3 is 2.71 bits per heavy atom. The van der Waals surface area contributed by atoms with Gasteiger partial charge in [-0.05, 0) is 24.3 Å².